The molecule has 0 atom stereocenters. The molecule has 2 N–H and O–H groups in total. The summed E-state index contributed by atoms with van der Waals surface area (Å²) < 4.78 is 31.6. The van der Waals surface area contributed by atoms with Gasteiger partial charge < -0.3 is 15.4 Å². The van der Waals surface area contributed by atoms with Gasteiger partial charge >= 0.3 is 11.8 Å². The molecule has 23 heavy (non-hydrogen) atoms. The van der Waals surface area contributed by atoms with Crippen molar-refractivity contribution in [2.24, 2.45) is 0 Å². The van der Waals surface area contributed by atoms with Crippen LogP contribution in [0.15, 0.2) is 12.1 Å². The Morgan fingerprint density at radius 1 is 1.30 bits per heavy atom. The van der Waals surface area contributed by atoms with Gasteiger partial charge in [0.15, 0.2) is 0 Å². The number of nitrogens with zero attached hydrogens (tertiary/aromatic N) is 1. The van der Waals surface area contributed by atoms with Crippen molar-refractivity contribution in [3.05, 3.63) is 33.9 Å². The molecule has 9 heteroatoms. The Kier molecular flexibility index (Phi) is 6.23. The SMILES string of the molecule is CC(C)(C)OC(=O)NCCCNc1cc(F)cc(F)c1[N+](=O)[O-]. The Bertz CT molecular complexity index is 588. The number of halogens is 2. The number of anilines is 1. The molecule has 0 saturated carbocycles. The number of nitro groups is 1. The number of rotatable bonds is 6. The third-order valence-electron chi connectivity index (χ3n) is 2.55. The normalized spacial score (nSPS) is 11.0. The molecule has 1 aromatic carbocycles. The maximum atomic E-state index is 13.4. The molecule has 0 spiro atoms. The fraction of sp³-hybridized carbons (Fsp3) is 0.500. The van der Waals surface area contributed by atoms with Gasteiger partial charge in [-0.15, -0.1) is 0 Å². The lowest BCUT2D eigenvalue weighted by atomic mass is 10.2. The van der Waals surface area contributed by atoms with Crippen LogP contribution in [0.2, 0.25) is 0 Å². The quantitative estimate of drug-likeness (QED) is 0.474. The number of hydrogen-bond acceptors (Lipinski definition) is 5. The lowest BCUT2D eigenvalue weighted by molar-refractivity contribution is -0.386. The zero-order chi connectivity index (χ0) is 17.6. The van der Waals surface area contributed by atoms with Crippen molar-refractivity contribution in [1.29, 1.82) is 0 Å². The lowest BCUT2D eigenvalue weighted by Gasteiger charge is -2.19. The van der Waals surface area contributed by atoms with Crippen LogP contribution in [-0.2, 0) is 4.74 Å². The first-order chi connectivity index (χ1) is 10.6. The highest BCUT2D eigenvalue weighted by atomic mass is 19.1. The van der Waals surface area contributed by atoms with Gasteiger partial charge in [0.05, 0.1) is 4.92 Å². The third-order valence-corrected chi connectivity index (χ3v) is 2.55. The smallest absolute Gasteiger partial charge is 0.407 e. The molecular formula is C14H19F2N3O4. The second kappa shape index (κ2) is 7.70. The molecule has 7 nitrogen and oxygen atoms in total. The zero-order valence-corrected chi connectivity index (χ0v) is 13.1. The van der Waals surface area contributed by atoms with Crippen molar-refractivity contribution in [3.8, 4) is 0 Å². The highest BCUT2D eigenvalue weighted by molar-refractivity contribution is 5.67. The predicted octanol–water partition coefficient (Wildman–Crippen LogP) is 3.20. The molecule has 0 aromatic heterocycles. The number of ether oxygens (including phenoxy) is 1. The molecule has 0 aliphatic carbocycles. The van der Waals surface area contributed by atoms with E-state index in [0.29, 0.717) is 12.5 Å². The van der Waals surface area contributed by atoms with Crippen molar-refractivity contribution in [3.63, 3.8) is 0 Å². The second-order valence-electron chi connectivity index (χ2n) is 5.75. The summed E-state index contributed by atoms with van der Waals surface area (Å²) in [5.41, 5.74) is -1.67. The number of carbonyl (C=O) groups excluding carboxylic acids is 1. The van der Waals surface area contributed by atoms with Crippen LogP contribution in [0.1, 0.15) is 27.2 Å². The number of hydrogen-bond donors (Lipinski definition) is 2. The van der Waals surface area contributed by atoms with Gasteiger partial charge in [-0.3, -0.25) is 10.1 Å². The van der Waals surface area contributed by atoms with Gasteiger partial charge in [0.1, 0.15) is 17.1 Å². The standard InChI is InChI=1S/C14H19F2N3O4/c1-14(2,3)23-13(20)18-6-4-5-17-11-8-9(15)7-10(16)12(11)19(21)22/h7-8,17H,4-6H2,1-3H3,(H,18,20). The predicted molar refractivity (Wildman–Crippen MR) is 80.4 cm³/mol. The maximum Gasteiger partial charge on any atom is 0.407 e. The summed E-state index contributed by atoms with van der Waals surface area (Å²) in [7, 11) is 0. The zero-order valence-electron chi connectivity index (χ0n) is 13.1. The highest BCUT2D eigenvalue weighted by Gasteiger charge is 2.21. The van der Waals surface area contributed by atoms with Crippen LogP contribution in [-0.4, -0.2) is 29.7 Å². The summed E-state index contributed by atoms with van der Waals surface area (Å²) in [6, 6.07) is 1.30. The van der Waals surface area contributed by atoms with Gasteiger partial charge in [0.25, 0.3) is 0 Å². The fourth-order valence-corrected chi connectivity index (χ4v) is 1.70. The maximum absolute atomic E-state index is 13.4. The Balaban J connectivity index is 2.48. The van der Waals surface area contributed by atoms with Gasteiger partial charge in [0, 0.05) is 25.2 Å². The van der Waals surface area contributed by atoms with Crippen LogP contribution in [0, 0.1) is 21.7 Å². The topological polar surface area (TPSA) is 93.5 Å². The molecule has 1 rings (SSSR count). The average molecular weight is 331 g/mol. The molecule has 1 aromatic rings. The minimum atomic E-state index is -1.25. The van der Waals surface area contributed by atoms with Crippen molar-refractivity contribution in [1.82, 2.24) is 5.32 Å². The van der Waals surface area contributed by atoms with E-state index >= 15 is 0 Å². The summed E-state index contributed by atoms with van der Waals surface area (Å²) in [5, 5.41) is 15.9. The summed E-state index contributed by atoms with van der Waals surface area (Å²) >= 11 is 0. The van der Waals surface area contributed by atoms with E-state index in [1.807, 2.05) is 0 Å². The Morgan fingerprint density at radius 2 is 1.96 bits per heavy atom. The van der Waals surface area contributed by atoms with E-state index in [1.165, 1.54) is 0 Å². The van der Waals surface area contributed by atoms with Crippen LogP contribution < -0.4 is 10.6 Å². The van der Waals surface area contributed by atoms with E-state index in [-0.39, 0.29) is 18.8 Å². The largest absolute Gasteiger partial charge is 0.444 e. The van der Waals surface area contributed by atoms with Crippen LogP contribution in [0.5, 0.6) is 0 Å². The Morgan fingerprint density at radius 3 is 2.52 bits per heavy atom. The highest BCUT2D eigenvalue weighted by Crippen LogP contribution is 2.28. The number of alkyl carbamates (subject to hydrolysis) is 1. The molecule has 0 saturated heterocycles. The van der Waals surface area contributed by atoms with Gasteiger partial charge in [0.2, 0.25) is 5.82 Å². The molecule has 0 radical (unpaired) electrons. The van der Waals surface area contributed by atoms with E-state index < -0.39 is 33.9 Å². The number of amides is 1. The Hall–Kier alpha value is -2.45. The molecule has 128 valence electrons. The molecule has 0 aliphatic rings. The van der Waals surface area contributed by atoms with Gasteiger partial charge in [-0.25, -0.2) is 9.18 Å². The average Bonchev–Trinajstić information content (AvgIpc) is 2.34. The Labute approximate surface area is 132 Å². The van der Waals surface area contributed by atoms with E-state index in [0.717, 1.165) is 6.07 Å². The van der Waals surface area contributed by atoms with Gasteiger partial charge in [-0.2, -0.15) is 4.39 Å². The fourth-order valence-electron chi connectivity index (χ4n) is 1.70. The van der Waals surface area contributed by atoms with E-state index in [9.17, 15) is 23.7 Å². The summed E-state index contributed by atoms with van der Waals surface area (Å²) in [6.45, 7) is 5.61. The van der Waals surface area contributed by atoms with Crippen molar-refractivity contribution in [2.75, 3.05) is 18.4 Å². The molecule has 0 aliphatic heterocycles. The molecule has 0 heterocycles. The van der Waals surface area contributed by atoms with E-state index in [1.54, 1.807) is 20.8 Å². The minimum absolute atomic E-state index is 0.180. The van der Waals surface area contributed by atoms with Crippen molar-refractivity contribution in [2.45, 2.75) is 32.8 Å². The minimum Gasteiger partial charge on any atom is -0.444 e. The molecule has 0 fully saturated rings. The molecular weight excluding hydrogens is 312 g/mol. The van der Waals surface area contributed by atoms with Crippen molar-refractivity contribution < 1.29 is 23.2 Å². The van der Waals surface area contributed by atoms with Crippen molar-refractivity contribution >= 4 is 17.5 Å². The molecule has 1 amide bonds. The molecule has 0 unspecified atom stereocenters. The number of nitrogens with one attached hydrogen (secondary N) is 2. The summed E-state index contributed by atoms with van der Waals surface area (Å²) in [5.74, 6) is -2.16. The summed E-state index contributed by atoms with van der Waals surface area (Å²) in [6.07, 6.45) is -0.200. The van der Waals surface area contributed by atoms with Crippen LogP contribution in [0.4, 0.5) is 25.0 Å². The number of nitro benzene ring substituents is 1. The van der Waals surface area contributed by atoms with E-state index in [4.69, 9.17) is 4.74 Å². The number of carbonyl (C=O) groups is 1. The van der Waals surface area contributed by atoms with Crippen LogP contribution in [0.25, 0.3) is 0 Å². The first-order valence-corrected chi connectivity index (χ1v) is 6.94. The van der Waals surface area contributed by atoms with E-state index in [2.05, 4.69) is 10.6 Å². The first-order valence-electron chi connectivity index (χ1n) is 6.94. The third kappa shape index (κ3) is 6.45. The number of benzene rings is 1. The monoisotopic (exact) mass is 331 g/mol. The van der Waals surface area contributed by atoms with Gasteiger partial charge in [-0.05, 0) is 27.2 Å². The first kappa shape index (κ1) is 18.6. The van der Waals surface area contributed by atoms with Crippen LogP contribution >= 0.6 is 0 Å². The second-order valence-corrected chi connectivity index (χ2v) is 5.75. The van der Waals surface area contributed by atoms with Crippen LogP contribution in [0.3, 0.4) is 0 Å². The summed E-state index contributed by atoms with van der Waals surface area (Å²) in [4.78, 5) is 21.3. The van der Waals surface area contributed by atoms with Gasteiger partial charge in [-0.1, -0.05) is 0 Å². The lowest BCUT2D eigenvalue weighted by Crippen LogP contribution is -2.33. The molecule has 0 bridgehead atoms.